The van der Waals surface area contributed by atoms with Crippen LogP contribution in [0.3, 0.4) is 0 Å². The predicted molar refractivity (Wildman–Crippen MR) is 76.5 cm³/mol. The first-order chi connectivity index (χ1) is 9.08. The van der Waals surface area contributed by atoms with Crippen molar-refractivity contribution >= 4 is 34.0 Å². The summed E-state index contributed by atoms with van der Waals surface area (Å²) < 4.78 is 15.5. The van der Waals surface area contributed by atoms with Crippen LogP contribution in [0.4, 0.5) is 15.8 Å². The fraction of sp³-hybridized carbons (Fsp3) is 0.182. The van der Waals surface area contributed by atoms with Crippen LogP contribution in [0.2, 0.25) is 0 Å². The highest BCUT2D eigenvalue weighted by Crippen LogP contribution is 2.28. The van der Waals surface area contributed by atoms with Gasteiger partial charge in [-0.25, -0.2) is 9.37 Å². The van der Waals surface area contributed by atoms with E-state index in [2.05, 4.69) is 10.3 Å². The van der Waals surface area contributed by atoms with Crippen molar-refractivity contribution in [3.05, 3.63) is 50.4 Å². The van der Waals surface area contributed by atoms with Crippen LogP contribution in [0.5, 0.6) is 0 Å². The van der Waals surface area contributed by atoms with Gasteiger partial charge in [0.1, 0.15) is 11.5 Å². The maximum absolute atomic E-state index is 13.4. The van der Waals surface area contributed by atoms with Gasteiger partial charge >= 0.3 is 0 Å². The van der Waals surface area contributed by atoms with Crippen LogP contribution in [0, 0.1) is 19.5 Å². The Morgan fingerprint density at radius 2 is 2.32 bits per heavy atom. The summed E-state index contributed by atoms with van der Waals surface area (Å²) in [6.07, 6.45) is 5.07. The number of rotatable bonds is 5. The van der Waals surface area contributed by atoms with Crippen LogP contribution in [0.15, 0.2) is 30.9 Å². The molecule has 100 valence electrons. The highest BCUT2D eigenvalue weighted by atomic mass is 127. The monoisotopic (exact) mass is 376 g/mol. The Morgan fingerprint density at radius 3 is 2.95 bits per heavy atom. The Hall–Kier alpha value is -1.71. The van der Waals surface area contributed by atoms with Gasteiger partial charge in [0.25, 0.3) is 5.69 Å². The van der Waals surface area contributed by atoms with Crippen molar-refractivity contribution in [1.29, 1.82) is 0 Å². The van der Waals surface area contributed by atoms with Crippen LogP contribution >= 0.6 is 22.6 Å². The summed E-state index contributed by atoms with van der Waals surface area (Å²) in [7, 11) is 0. The number of imidazole rings is 1. The number of nitro benzene ring substituents is 1. The van der Waals surface area contributed by atoms with Crippen molar-refractivity contribution in [2.45, 2.75) is 6.54 Å². The van der Waals surface area contributed by atoms with Crippen molar-refractivity contribution in [1.82, 2.24) is 9.55 Å². The predicted octanol–water partition coefficient (Wildman–Crippen LogP) is 2.65. The molecule has 8 heteroatoms. The summed E-state index contributed by atoms with van der Waals surface area (Å²) in [4.78, 5) is 14.3. The van der Waals surface area contributed by atoms with Gasteiger partial charge in [0, 0.05) is 37.6 Å². The summed E-state index contributed by atoms with van der Waals surface area (Å²) in [5, 5.41) is 13.8. The molecule has 1 aromatic heterocycles. The van der Waals surface area contributed by atoms with Crippen LogP contribution in [-0.4, -0.2) is 21.0 Å². The van der Waals surface area contributed by atoms with Gasteiger partial charge in [0.15, 0.2) is 0 Å². The normalized spacial score (nSPS) is 10.4. The van der Waals surface area contributed by atoms with E-state index in [1.165, 1.54) is 6.07 Å². The van der Waals surface area contributed by atoms with E-state index in [1.54, 1.807) is 41.3 Å². The van der Waals surface area contributed by atoms with Crippen LogP contribution in [0.25, 0.3) is 0 Å². The summed E-state index contributed by atoms with van der Waals surface area (Å²) in [5.41, 5.74) is 0.0551. The van der Waals surface area contributed by atoms with E-state index >= 15 is 0 Å². The molecule has 2 aromatic rings. The fourth-order valence-corrected chi connectivity index (χ4v) is 2.02. The maximum atomic E-state index is 13.4. The summed E-state index contributed by atoms with van der Waals surface area (Å²) in [5.74, 6) is -0.476. The third-order valence-corrected chi connectivity index (χ3v) is 3.31. The van der Waals surface area contributed by atoms with Crippen molar-refractivity contribution in [3.8, 4) is 0 Å². The summed E-state index contributed by atoms with van der Waals surface area (Å²) >= 11 is 1.73. The SMILES string of the molecule is O=[N+]([O-])c1cc(I)c(F)cc1NCCn1ccnc1. The third kappa shape index (κ3) is 3.40. The summed E-state index contributed by atoms with van der Waals surface area (Å²) in [6.45, 7) is 1.03. The molecule has 0 aliphatic heterocycles. The number of anilines is 1. The largest absolute Gasteiger partial charge is 0.378 e. The molecule has 0 aliphatic rings. The summed E-state index contributed by atoms with van der Waals surface area (Å²) in [6, 6.07) is 2.36. The number of nitrogens with one attached hydrogen (secondary N) is 1. The van der Waals surface area contributed by atoms with Gasteiger partial charge in [-0.05, 0) is 22.6 Å². The molecule has 1 heterocycles. The first kappa shape index (κ1) is 13.7. The number of aromatic nitrogens is 2. The zero-order valence-corrected chi connectivity index (χ0v) is 11.9. The van der Waals surface area contributed by atoms with E-state index < -0.39 is 10.7 Å². The minimum absolute atomic E-state index is 0.128. The molecule has 0 amide bonds. The Labute approximate surface area is 121 Å². The molecule has 0 bridgehead atoms. The van der Waals surface area contributed by atoms with Crippen molar-refractivity contribution < 1.29 is 9.31 Å². The fourth-order valence-electron chi connectivity index (χ4n) is 1.57. The van der Waals surface area contributed by atoms with Gasteiger partial charge in [0.05, 0.1) is 14.8 Å². The molecule has 0 saturated heterocycles. The molecule has 0 spiro atoms. The first-order valence-electron chi connectivity index (χ1n) is 5.41. The zero-order chi connectivity index (χ0) is 13.8. The topological polar surface area (TPSA) is 73.0 Å². The lowest BCUT2D eigenvalue weighted by Crippen LogP contribution is -2.11. The van der Waals surface area contributed by atoms with Gasteiger partial charge in [-0.1, -0.05) is 0 Å². The van der Waals surface area contributed by atoms with Gasteiger partial charge in [-0.3, -0.25) is 10.1 Å². The van der Waals surface area contributed by atoms with Crippen LogP contribution < -0.4 is 5.32 Å². The molecular weight excluding hydrogens is 366 g/mol. The van der Waals surface area contributed by atoms with E-state index in [4.69, 9.17) is 0 Å². The molecule has 1 N–H and O–H groups in total. The quantitative estimate of drug-likeness (QED) is 0.495. The molecule has 0 radical (unpaired) electrons. The number of halogens is 2. The van der Waals surface area contributed by atoms with E-state index in [9.17, 15) is 14.5 Å². The van der Waals surface area contributed by atoms with Crippen LogP contribution in [0.1, 0.15) is 0 Å². The molecule has 19 heavy (non-hydrogen) atoms. The van der Waals surface area contributed by atoms with Crippen molar-refractivity contribution in [2.24, 2.45) is 0 Å². The van der Waals surface area contributed by atoms with E-state index in [0.717, 1.165) is 6.07 Å². The molecule has 0 fully saturated rings. The van der Waals surface area contributed by atoms with E-state index in [1.807, 2.05) is 4.57 Å². The lowest BCUT2D eigenvalue weighted by molar-refractivity contribution is -0.384. The van der Waals surface area contributed by atoms with Gasteiger partial charge in [-0.15, -0.1) is 0 Å². The van der Waals surface area contributed by atoms with E-state index in [0.29, 0.717) is 13.1 Å². The molecular formula is C11H10FIN4O2. The first-order valence-corrected chi connectivity index (χ1v) is 6.49. The number of nitrogens with zero attached hydrogens (tertiary/aromatic N) is 3. The lowest BCUT2D eigenvalue weighted by atomic mass is 10.2. The Morgan fingerprint density at radius 1 is 1.53 bits per heavy atom. The van der Waals surface area contributed by atoms with Crippen molar-refractivity contribution in [2.75, 3.05) is 11.9 Å². The van der Waals surface area contributed by atoms with Gasteiger partial charge in [0.2, 0.25) is 0 Å². The second kappa shape index (κ2) is 5.95. The molecule has 0 saturated carbocycles. The second-order valence-electron chi connectivity index (χ2n) is 3.77. The smallest absolute Gasteiger partial charge is 0.293 e. The van der Waals surface area contributed by atoms with E-state index in [-0.39, 0.29) is 14.9 Å². The molecule has 0 unspecified atom stereocenters. The minimum Gasteiger partial charge on any atom is -0.378 e. The zero-order valence-electron chi connectivity index (χ0n) is 9.72. The number of hydrogen-bond acceptors (Lipinski definition) is 4. The van der Waals surface area contributed by atoms with Gasteiger partial charge in [-0.2, -0.15) is 0 Å². The number of hydrogen-bond donors (Lipinski definition) is 1. The lowest BCUT2D eigenvalue weighted by Gasteiger charge is -2.08. The minimum atomic E-state index is -0.527. The van der Waals surface area contributed by atoms with Crippen molar-refractivity contribution in [3.63, 3.8) is 0 Å². The second-order valence-corrected chi connectivity index (χ2v) is 4.93. The number of benzene rings is 1. The molecule has 1 aromatic carbocycles. The third-order valence-electron chi connectivity index (χ3n) is 2.48. The highest BCUT2D eigenvalue weighted by molar-refractivity contribution is 14.1. The molecule has 2 rings (SSSR count). The standard InChI is InChI=1S/C11H10FIN4O2/c12-8-5-10(11(17(18)19)6-9(8)13)15-2-4-16-3-1-14-7-16/h1,3,5-7,15H,2,4H2. The average molecular weight is 376 g/mol. The highest BCUT2D eigenvalue weighted by Gasteiger charge is 2.17. The average Bonchev–Trinajstić information content (AvgIpc) is 2.86. The van der Waals surface area contributed by atoms with Gasteiger partial charge < -0.3 is 9.88 Å². The van der Waals surface area contributed by atoms with Crippen LogP contribution in [-0.2, 0) is 6.54 Å². The number of nitro groups is 1. The molecule has 0 aliphatic carbocycles. The molecule has 6 nitrogen and oxygen atoms in total. The maximum Gasteiger partial charge on any atom is 0.293 e. The molecule has 0 atom stereocenters. The Balaban J connectivity index is 2.10. The Bertz CT molecular complexity index is 589. The Kier molecular flexibility index (Phi) is 4.30.